The Bertz CT molecular complexity index is 503. The van der Waals surface area contributed by atoms with Crippen LogP contribution < -0.4 is 0 Å². The van der Waals surface area contributed by atoms with E-state index in [0.29, 0.717) is 5.41 Å². The molecule has 29 heavy (non-hydrogen) atoms. The van der Waals surface area contributed by atoms with Crippen molar-refractivity contribution in [2.45, 2.75) is 142 Å². The molecule has 2 nitrogen and oxygen atoms in total. The molecule has 0 amide bonds. The monoisotopic (exact) mass is 404 g/mol. The largest absolute Gasteiger partial charge is 0.481 e. The normalized spacial score (nSPS) is 33.4. The lowest BCUT2D eigenvalue weighted by atomic mass is 9.46. The molecule has 3 aliphatic rings. The lowest BCUT2D eigenvalue weighted by Gasteiger charge is -2.57. The number of carboxylic acid groups (broad SMARTS) is 1. The van der Waals surface area contributed by atoms with Gasteiger partial charge in [-0.05, 0) is 74.5 Å². The van der Waals surface area contributed by atoms with Crippen LogP contribution in [0.25, 0.3) is 0 Å². The predicted octanol–water partition coefficient (Wildman–Crippen LogP) is 8.53. The minimum atomic E-state index is -0.450. The molecule has 0 saturated heterocycles. The molecule has 168 valence electrons. The average Bonchev–Trinajstić information content (AvgIpc) is 2.78. The molecular formula is C27H48O2. The molecular weight excluding hydrogens is 356 g/mol. The van der Waals surface area contributed by atoms with Crippen LogP contribution in [-0.4, -0.2) is 11.1 Å². The summed E-state index contributed by atoms with van der Waals surface area (Å²) in [5, 5.41) is 10.5. The van der Waals surface area contributed by atoms with Crippen molar-refractivity contribution in [3.05, 3.63) is 0 Å². The number of carboxylic acids is 1. The molecule has 2 heteroatoms. The third kappa shape index (κ3) is 4.57. The first-order chi connectivity index (χ1) is 14.0. The summed E-state index contributed by atoms with van der Waals surface area (Å²) in [6, 6.07) is 0. The summed E-state index contributed by atoms with van der Waals surface area (Å²) in [7, 11) is 0. The van der Waals surface area contributed by atoms with Crippen LogP contribution in [0, 0.1) is 22.2 Å². The van der Waals surface area contributed by atoms with Crippen molar-refractivity contribution in [3.63, 3.8) is 0 Å². The molecule has 0 spiro atoms. The third-order valence-corrected chi connectivity index (χ3v) is 10.0. The zero-order chi connectivity index (χ0) is 20.8. The Kier molecular flexibility index (Phi) is 8.13. The van der Waals surface area contributed by atoms with Crippen molar-refractivity contribution in [1.82, 2.24) is 0 Å². The number of aliphatic carboxylic acids is 1. The zero-order valence-electron chi connectivity index (χ0n) is 19.6. The first-order valence-corrected chi connectivity index (χ1v) is 13.3. The van der Waals surface area contributed by atoms with Gasteiger partial charge in [0.05, 0.1) is 5.41 Å². The van der Waals surface area contributed by atoms with Gasteiger partial charge in [-0.3, -0.25) is 4.79 Å². The Morgan fingerprint density at radius 3 is 1.97 bits per heavy atom. The van der Waals surface area contributed by atoms with E-state index < -0.39 is 11.4 Å². The van der Waals surface area contributed by atoms with Crippen LogP contribution in [0.4, 0.5) is 0 Å². The van der Waals surface area contributed by atoms with E-state index in [1.165, 1.54) is 103 Å². The lowest BCUT2D eigenvalue weighted by Crippen LogP contribution is -2.53. The molecule has 0 aromatic carbocycles. The van der Waals surface area contributed by atoms with Crippen LogP contribution in [-0.2, 0) is 4.79 Å². The first kappa shape index (κ1) is 23.1. The van der Waals surface area contributed by atoms with E-state index in [4.69, 9.17) is 0 Å². The molecule has 3 rings (SSSR count). The second kappa shape index (κ2) is 10.2. The Morgan fingerprint density at radius 1 is 0.793 bits per heavy atom. The lowest BCUT2D eigenvalue weighted by molar-refractivity contribution is -0.171. The van der Waals surface area contributed by atoms with Crippen LogP contribution >= 0.6 is 0 Å². The number of unbranched alkanes of at least 4 members (excludes halogenated alkanes) is 3. The molecule has 3 aliphatic carbocycles. The Morgan fingerprint density at radius 2 is 1.41 bits per heavy atom. The maximum absolute atomic E-state index is 12.8. The SMILES string of the molecule is CCCCCCC1(C2(C(=O)O)CCCCC2)CCC(CC)(C2CCCCC2)CC1. The van der Waals surface area contributed by atoms with Crippen molar-refractivity contribution in [2.24, 2.45) is 22.2 Å². The van der Waals surface area contributed by atoms with Gasteiger partial charge >= 0.3 is 5.97 Å². The van der Waals surface area contributed by atoms with E-state index in [2.05, 4.69) is 13.8 Å². The molecule has 3 saturated carbocycles. The summed E-state index contributed by atoms with van der Waals surface area (Å²) in [6.07, 6.45) is 25.1. The Balaban J connectivity index is 1.82. The Hall–Kier alpha value is -0.530. The fraction of sp³-hybridized carbons (Fsp3) is 0.963. The van der Waals surface area contributed by atoms with Crippen LogP contribution in [0.15, 0.2) is 0 Å². The van der Waals surface area contributed by atoms with Crippen molar-refractivity contribution in [1.29, 1.82) is 0 Å². The fourth-order valence-electron chi connectivity index (χ4n) is 7.98. The molecule has 0 aliphatic heterocycles. The van der Waals surface area contributed by atoms with E-state index in [1.807, 2.05) is 0 Å². The van der Waals surface area contributed by atoms with Gasteiger partial charge in [-0.25, -0.2) is 0 Å². The Labute approximate surface area is 180 Å². The molecule has 1 N–H and O–H groups in total. The van der Waals surface area contributed by atoms with E-state index in [-0.39, 0.29) is 5.41 Å². The topological polar surface area (TPSA) is 37.3 Å². The number of carbonyl (C=O) groups is 1. The molecule has 0 unspecified atom stereocenters. The predicted molar refractivity (Wildman–Crippen MR) is 122 cm³/mol. The first-order valence-electron chi connectivity index (χ1n) is 13.3. The van der Waals surface area contributed by atoms with E-state index >= 15 is 0 Å². The maximum Gasteiger partial charge on any atom is 0.310 e. The van der Waals surface area contributed by atoms with Gasteiger partial charge in [-0.15, -0.1) is 0 Å². The molecule has 0 aromatic heterocycles. The van der Waals surface area contributed by atoms with E-state index in [0.717, 1.165) is 31.6 Å². The van der Waals surface area contributed by atoms with Gasteiger partial charge < -0.3 is 5.11 Å². The highest BCUT2D eigenvalue weighted by atomic mass is 16.4. The highest BCUT2D eigenvalue weighted by Gasteiger charge is 2.58. The summed E-state index contributed by atoms with van der Waals surface area (Å²) >= 11 is 0. The van der Waals surface area contributed by atoms with Crippen molar-refractivity contribution >= 4 is 5.97 Å². The summed E-state index contributed by atoms with van der Waals surface area (Å²) < 4.78 is 0. The summed E-state index contributed by atoms with van der Waals surface area (Å²) in [4.78, 5) is 12.8. The fourth-order valence-corrected chi connectivity index (χ4v) is 7.98. The summed E-state index contributed by atoms with van der Waals surface area (Å²) in [6.45, 7) is 4.70. The van der Waals surface area contributed by atoms with E-state index in [1.54, 1.807) is 0 Å². The quantitative estimate of drug-likeness (QED) is 0.391. The molecule has 0 heterocycles. The van der Waals surface area contributed by atoms with Gasteiger partial charge in [0.25, 0.3) is 0 Å². The van der Waals surface area contributed by atoms with Crippen molar-refractivity contribution in [3.8, 4) is 0 Å². The van der Waals surface area contributed by atoms with Crippen molar-refractivity contribution in [2.75, 3.05) is 0 Å². The van der Waals surface area contributed by atoms with Crippen molar-refractivity contribution < 1.29 is 9.90 Å². The molecule has 0 atom stereocenters. The maximum atomic E-state index is 12.8. The molecule has 0 aromatic rings. The van der Waals surface area contributed by atoms with Crippen LogP contribution in [0.1, 0.15) is 142 Å². The summed E-state index contributed by atoms with van der Waals surface area (Å²) in [5.41, 5.74) is 0.159. The molecule has 0 bridgehead atoms. The standard InChI is InChI=1S/C27H48O2/c1-3-5-6-11-16-26(27(24(28)29)17-12-8-13-18-27)21-19-25(4-2,20-22-26)23-14-9-7-10-15-23/h23H,3-22H2,1-2H3,(H,28,29). The zero-order valence-corrected chi connectivity index (χ0v) is 19.6. The van der Waals surface area contributed by atoms with Gasteiger partial charge in [-0.2, -0.15) is 0 Å². The minimum Gasteiger partial charge on any atom is -0.481 e. The molecule has 3 fully saturated rings. The van der Waals surface area contributed by atoms with Gasteiger partial charge in [0.2, 0.25) is 0 Å². The second-order valence-electron chi connectivity index (χ2n) is 11.1. The smallest absolute Gasteiger partial charge is 0.310 e. The van der Waals surface area contributed by atoms with Crippen LogP contribution in [0.2, 0.25) is 0 Å². The molecule has 0 radical (unpaired) electrons. The third-order valence-electron chi connectivity index (χ3n) is 10.0. The van der Waals surface area contributed by atoms with Gasteiger partial charge in [0.1, 0.15) is 0 Å². The summed E-state index contributed by atoms with van der Waals surface area (Å²) in [5.74, 6) is 0.459. The number of hydrogen-bond acceptors (Lipinski definition) is 1. The van der Waals surface area contributed by atoms with Crippen LogP contribution in [0.3, 0.4) is 0 Å². The minimum absolute atomic E-state index is 0.0698. The highest BCUT2D eigenvalue weighted by Crippen LogP contribution is 2.64. The number of hydrogen-bond donors (Lipinski definition) is 1. The number of rotatable bonds is 9. The van der Waals surface area contributed by atoms with E-state index in [9.17, 15) is 9.90 Å². The van der Waals surface area contributed by atoms with Crippen LogP contribution in [0.5, 0.6) is 0 Å². The van der Waals surface area contributed by atoms with Gasteiger partial charge in [-0.1, -0.05) is 84.5 Å². The second-order valence-corrected chi connectivity index (χ2v) is 11.1. The average molecular weight is 405 g/mol. The van der Waals surface area contributed by atoms with Gasteiger partial charge in [0, 0.05) is 0 Å². The van der Waals surface area contributed by atoms with Gasteiger partial charge in [0.15, 0.2) is 0 Å². The highest BCUT2D eigenvalue weighted by molar-refractivity contribution is 5.76.